The Labute approximate surface area is 106 Å². The zero-order valence-corrected chi connectivity index (χ0v) is 10.2. The molecule has 0 unspecified atom stereocenters. The van der Waals surface area contributed by atoms with Crippen LogP contribution in [0.5, 0.6) is 0 Å². The van der Waals surface area contributed by atoms with Crippen molar-refractivity contribution in [3.63, 3.8) is 0 Å². The quantitative estimate of drug-likeness (QED) is 0.923. The molecular formula is C12H12F3N3O. The van der Waals surface area contributed by atoms with Crippen molar-refractivity contribution in [2.45, 2.75) is 12.7 Å². The second kappa shape index (κ2) is 5.00. The van der Waals surface area contributed by atoms with Gasteiger partial charge < -0.3 is 5.32 Å². The molecule has 0 saturated carbocycles. The molecule has 4 nitrogen and oxygen atoms in total. The lowest BCUT2D eigenvalue weighted by atomic mass is 10.1. The summed E-state index contributed by atoms with van der Waals surface area (Å²) in [5.41, 5.74) is -1.09. The first-order chi connectivity index (χ1) is 8.93. The SMILES string of the molecule is CNCCn1cnc2cc(C(F)(F)F)ccc2c1=O. The van der Waals surface area contributed by atoms with E-state index in [9.17, 15) is 18.0 Å². The van der Waals surface area contributed by atoms with Crippen LogP contribution >= 0.6 is 0 Å². The molecule has 1 heterocycles. The third-order valence-corrected chi connectivity index (χ3v) is 2.76. The number of rotatable bonds is 3. The van der Waals surface area contributed by atoms with Crippen molar-refractivity contribution in [1.82, 2.24) is 14.9 Å². The van der Waals surface area contributed by atoms with Gasteiger partial charge in [-0.1, -0.05) is 0 Å². The third-order valence-electron chi connectivity index (χ3n) is 2.76. The Hall–Kier alpha value is -1.89. The van der Waals surface area contributed by atoms with Crippen LogP contribution in [0, 0.1) is 0 Å². The lowest BCUT2D eigenvalue weighted by Gasteiger charge is -2.09. The molecule has 0 bridgehead atoms. The van der Waals surface area contributed by atoms with Crippen LogP contribution in [0.4, 0.5) is 13.2 Å². The summed E-state index contributed by atoms with van der Waals surface area (Å²) in [6.45, 7) is 0.993. The Morgan fingerprint density at radius 3 is 2.74 bits per heavy atom. The minimum Gasteiger partial charge on any atom is -0.318 e. The highest BCUT2D eigenvalue weighted by Gasteiger charge is 2.30. The van der Waals surface area contributed by atoms with E-state index in [1.165, 1.54) is 17.0 Å². The lowest BCUT2D eigenvalue weighted by molar-refractivity contribution is -0.137. The molecule has 2 aromatic rings. The van der Waals surface area contributed by atoms with Crippen molar-refractivity contribution in [2.24, 2.45) is 0 Å². The minimum absolute atomic E-state index is 0.0560. The molecule has 0 aliphatic carbocycles. The van der Waals surface area contributed by atoms with E-state index in [0.717, 1.165) is 12.1 Å². The van der Waals surface area contributed by atoms with Gasteiger partial charge in [0.05, 0.1) is 22.8 Å². The number of nitrogens with zero attached hydrogens (tertiary/aromatic N) is 2. The van der Waals surface area contributed by atoms with E-state index >= 15 is 0 Å². The van der Waals surface area contributed by atoms with Crippen LogP contribution < -0.4 is 10.9 Å². The zero-order chi connectivity index (χ0) is 14.0. The summed E-state index contributed by atoms with van der Waals surface area (Å²) in [6, 6.07) is 2.95. The molecule has 0 atom stereocenters. The zero-order valence-electron chi connectivity index (χ0n) is 10.2. The maximum absolute atomic E-state index is 12.5. The lowest BCUT2D eigenvalue weighted by Crippen LogP contribution is -2.25. The van der Waals surface area contributed by atoms with Crippen LogP contribution in [0.2, 0.25) is 0 Å². The van der Waals surface area contributed by atoms with Crippen molar-refractivity contribution in [2.75, 3.05) is 13.6 Å². The molecule has 19 heavy (non-hydrogen) atoms. The maximum atomic E-state index is 12.5. The second-order valence-corrected chi connectivity index (χ2v) is 4.08. The number of hydrogen-bond donors (Lipinski definition) is 1. The molecule has 1 aromatic carbocycles. The molecule has 0 radical (unpaired) electrons. The van der Waals surface area contributed by atoms with Gasteiger partial charge in [-0.3, -0.25) is 9.36 Å². The average Bonchev–Trinajstić information content (AvgIpc) is 2.36. The number of fused-ring (bicyclic) bond motifs is 1. The van der Waals surface area contributed by atoms with Crippen LogP contribution in [-0.2, 0) is 12.7 Å². The van der Waals surface area contributed by atoms with Gasteiger partial charge in [0, 0.05) is 13.1 Å². The van der Waals surface area contributed by atoms with E-state index in [2.05, 4.69) is 10.3 Å². The molecule has 7 heteroatoms. The van der Waals surface area contributed by atoms with E-state index in [0.29, 0.717) is 13.1 Å². The van der Waals surface area contributed by atoms with E-state index in [1.807, 2.05) is 0 Å². The summed E-state index contributed by atoms with van der Waals surface area (Å²) in [6.07, 6.45) is -3.17. The molecule has 1 aromatic heterocycles. The summed E-state index contributed by atoms with van der Waals surface area (Å²) < 4.78 is 39.0. The normalized spacial score (nSPS) is 12.0. The monoisotopic (exact) mass is 271 g/mol. The highest BCUT2D eigenvalue weighted by atomic mass is 19.4. The highest BCUT2D eigenvalue weighted by molar-refractivity contribution is 5.78. The molecule has 0 saturated heterocycles. The first-order valence-electron chi connectivity index (χ1n) is 5.64. The molecule has 0 fully saturated rings. The number of halogens is 3. The Kier molecular flexibility index (Phi) is 3.57. The Balaban J connectivity index is 2.51. The van der Waals surface area contributed by atoms with Gasteiger partial charge in [0.25, 0.3) is 5.56 Å². The van der Waals surface area contributed by atoms with Gasteiger partial charge in [0.1, 0.15) is 0 Å². The van der Waals surface area contributed by atoms with Crippen molar-refractivity contribution in [1.29, 1.82) is 0 Å². The number of alkyl halides is 3. The summed E-state index contributed by atoms with van der Waals surface area (Å²) >= 11 is 0. The summed E-state index contributed by atoms with van der Waals surface area (Å²) in [7, 11) is 1.75. The Morgan fingerprint density at radius 2 is 2.11 bits per heavy atom. The molecule has 0 spiro atoms. The molecule has 0 amide bonds. The maximum Gasteiger partial charge on any atom is 0.416 e. The second-order valence-electron chi connectivity index (χ2n) is 4.08. The molecular weight excluding hydrogens is 259 g/mol. The molecule has 0 aliphatic rings. The van der Waals surface area contributed by atoms with Crippen LogP contribution in [0.3, 0.4) is 0 Å². The molecule has 0 aliphatic heterocycles. The number of hydrogen-bond acceptors (Lipinski definition) is 3. The molecule has 2 rings (SSSR count). The topological polar surface area (TPSA) is 46.9 Å². The van der Waals surface area contributed by atoms with Crippen molar-refractivity contribution in [3.05, 3.63) is 40.4 Å². The van der Waals surface area contributed by atoms with Crippen LogP contribution in [0.1, 0.15) is 5.56 Å². The van der Waals surface area contributed by atoms with E-state index in [4.69, 9.17) is 0 Å². The van der Waals surface area contributed by atoms with Gasteiger partial charge in [-0.25, -0.2) is 4.98 Å². The molecule has 1 N–H and O–H groups in total. The third kappa shape index (κ3) is 2.76. The number of benzene rings is 1. The van der Waals surface area contributed by atoms with E-state index < -0.39 is 11.7 Å². The summed E-state index contributed by atoms with van der Waals surface area (Å²) in [5.74, 6) is 0. The van der Waals surface area contributed by atoms with Gasteiger partial charge in [-0.05, 0) is 25.2 Å². The first kappa shape index (κ1) is 13.5. The number of likely N-dealkylation sites (N-methyl/N-ethyl adjacent to an activating group) is 1. The highest BCUT2D eigenvalue weighted by Crippen LogP contribution is 2.30. The van der Waals surface area contributed by atoms with Crippen LogP contribution in [0.25, 0.3) is 10.9 Å². The van der Waals surface area contributed by atoms with Crippen LogP contribution in [0.15, 0.2) is 29.3 Å². The van der Waals surface area contributed by atoms with E-state index in [-0.39, 0.29) is 16.5 Å². The van der Waals surface area contributed by atoms with Gasteiger partial charge in [0.2, 0.25) is 0 Å². The van der Waals surface area contributed by atoms with Gasteiger partial charge in [-0.15, -0.1) is 0 Å². The minimum atomic E-state index is -4.43. The average molecular weight is 271 g/mol. The number of nitrogens with one attached hydrogen (secondary N) is 1. The van der Waals surface area contributed by atoms with Gasteiger partial charge in [-0.2, -0.15) is 13.2 Å². The van der Waals surface area contributed by atoms with Crippen molar-refractivity contribution >= 4 is 10.9 Å². The Morgan fingerprint density at radius 1 is 1.37 bits per heavy atom. The smallest absolute Gasteiger partial charge is 0.318 e. The molecule has 102 valence electrons. The Bertz CT molecular complexity index is 649. The largest absolute Gasteiger partial charge is 0.416 e. The standard InChI is InChI=1S/C12H12F3N3O/c1-16-4-5-18-7-17-10-6-8(12(13,14)15)2-3-9(10)11(18)19/h2-3,6-7,16H,4-5H2,1H3. The van der Waals surface area contributed by atoms with Gasteiger partial charge >= 0.3 is 6.18 Å². The fourth-order valence-electron chi connectivity index (χ4n) is 1.73. The fourth-order valence-corrected chi connectivity index (χ4v) is 1.73. The predicted octanol–water partition coefficient (Wildman–Crippen LogP) is 1.63. The summed E-state index contributed by atoms with van der Waals surface area (Å²) in [4.78, 5) is 15.9. The number of aromatic nitrogens is 2. The van der Waals surface area contributed by atoms with Gasteiger partial charge in [0.15, 0.2) is 0 Å². The van der Waals surface area contributed by atoms with Crippen molar-refractivity contribution < 1.29 is 13.2 Å². The first-order valence-corrected chi connectivity index (χ1v) is 5.64. The summed E-state index contributed by atoms with van der Waals surface area (Å²) in [5, 5.41) is 3.07. The fraction of sp³-hybridized carbons (Fsp3) is 0.333. The van der Waals surface area contributed by atoms with Crippen molar-refractivity contribution in [3.8, 4) is 0 Å². The van der Waals surface area contributed by atoms with E-state index in [1.54, 1.807) is 7.05 Å². The predicted molar refractivity (Wildman–Crippen MR) is 64.9 cm³/mol. The van der Waals surface area contributed by atoms with Crippen LogP contribution in [-0.4, -0.2) is 23.1 Å².